The predicted molar refractivity (Wildman–Crippen MR) is 70.9 cm³/mol. The molecule has 2 heterocycles. The first-order valence-electron chi connectivity index (χ1n) is 6.06. The van der Waals surface area contributed by atoms with Crippen LogP contribution < -0.4 is 0 Å². The molecule has 1 N–H and O–H groups in total. The molecule has 1 amide bonds. The van der Waals surface area contributed by atoms with E-state index < -0.39 is 11.7 Å². The number of ether oxygens (including phenoxy) is 1. The number of β-amino-alcohol motifs (C(OH)–C–C–N with tert-alkyl or cyclic N) is 1. The number of carbonyl (C=O) groups excluding carboxylic acids is 1. The molecule has 4 nitrogen and oxygen atoms in total. The van der Waals surface area contributed by atoms with Crippen molar-refractivity contribution in [1.29, 1.82) is 0 Å². The number of carbonyl (C=O) groups is 1. The molecule has 1 saturated heterocycles. The molecule has 0 saturated carbocycles. The highest BCUT2D eigenvalue weighted by molar-refractivity contribution is 7.10. The summed E-state index contributed by atoms with van der Waals surface area (Å²) in [7, 11) is 0. The monoisotopic (exact) mass is 269 g/mol. The number of aliphatic hydroxyl groups excluding tert-OH is 1. The Kier molecular flexibility index (Phi) is 3.64. The van der Waals surface area contributed by atoms with Crippen LogP contribution in [0, 0.1) is 0 Å². The molecule has 0 aromatic carbocycles. The number of rotatable bonds is 1. The lowest BCUT2D eigenvalue weighted by Gasteiger charge is -2.24. The highest BCUT2D eigenvalue weighted by Gasteiger charge is 2.37. The Labute approximate surface area is 111 Å². The van der Waals surface area contributed by atoms with Crippen molar-refractivity contribution in [2.45, 2.75) is 38.4 Å². The first-order valence-corrected chi connectivity index (χ1v) is 6.94. The van der Waals surface area contributed by atoms with E-state index in [4.69, 9.17) is 4.74 Å². The van der Waals surface area contributed by atoms with Gasteiger partial charge in [-0.05, 0) is 32.2 Å². The van der Waals surface area contributed by atoms with Crippen LogP contribution in [0.15, 0.2) is 17.5 Å². The average molecular weight is 269 g/mol. The van der Waals surface area contributed by atoms with Gasteiger partial charge in [-0.25, -0.2) is 4.79 Å². The van der Waals surface area contributed by atoms with E-state index in [0.717, 1.165) is 4.88 Å². The molecule has 0 spiro atoms. The summed E-state index contributed by atoms with van der Waals surface area (Å²) in [6.45, 7) is 6.39. The zero-order chi connectivity index (χ0) is 13.3. The standard InChI is InChI=1S/C13H19NO3S/c1-13(2,3)17-12(16)14-7-9(10(15)8-14)11-5-4-6-18-11/h4-6,9-10,15H,7-8H2,1-3H3/t9-,10-/m1/s1. The third-order valence-corrected chi connectivity index (χ3v) is 3.85. The molecular formula is C13H19NO3S. The summed E-state index contributed by atoms with van der Waals surface area (Å²) in [6.07, 6.45) is -0.850. The van der Waals surface area contributed by atoms with Crippen LogP contribution in [0.2, 0.25) is 0 Å². The molecule has 100 valence electrons. The van der Waals surface area contributed by atoms with Gasteiger partial charge in [-0.2, -0.15) is 0 Å². The average Bonchev–Trinajstić information content (AvgIpc) is 2.82. The maximum atomic E-state index is 11.9. The van der Waals surface area contributed by atoms with Gasteiger partial charge in [-0.15, -0.1) is 11.3 Å². The smallest absolute Gasteiger partial charge is 0.410 e. The number of thiophene rings is 1. The van der Waals surface area contributed by atoms with Crippen LogP contribution in [0.3, 0.4) is 0 Å². The van der Waals surface area contributed by atoms with E-state index in [1.54, 1.807) is 16.2 Å². The largest absolute Gasteiger partial charge is 0.444 e. The summed E-state index contributed by atoms with van der Waals surface area (Å²) in [5, 5.41) is 12.0. The van der Waals surface area contributed by atoms with Crippen LogP contribution in [0.25, 0.3) is 0 Å². The van der Waals surface area contributed by atoms with Crippen molar-refractivity contribution in [3.05, 3.63) is 22.4 Å². The Hall–Kier alpha value is -1.07. The number of hydrogen-bond acceptors (Lipinski definition) is 4. The second kappa shape index (κ2) is 4.90. The minimum Gasteiger partial charge on any atom is -0.444 e. The van der Waals surface area contributed by atoms with Crippen molar-refractivity contribution in [2.75, 3.05) is 13.1 Å². The van der Waals surface area contributed by atoms with Crippen LogP contribution in [0.5, 0.6) is 0 Å². The van der Waals surface area contributed by atoms with Gasteiger partial charge >= 0.3 is 6.09 Å². The van der Waals surface area contributed by atoms with Gasteiger partial charge in [-0.3, -0.25) is 0 Å². The molecule has 0 unspecified atom stereocenters. The number of hydrogen-bond donors (Lipinski definition) is 1. The quantitative estimate of drug-likeness (QED) is 0.852. The Balaban J connectivity index is 2.00. The van der Waals surface area contributed by atoms with E-state index in [1.165, 1.54) is 0 Å². The second-order valence-electron chi connectivity index (χ2n) is 5.57. The fourth-order valence-electron chi connectivity index (χ4n) is 2.04. The Bertz CT molecular complexity index is 410. The lowest BCUT2D eigenvalue weighted by Crippen LogP contribution is -2.35. The molecular weight excluding hydrogens is 250 g/mol. The molecule has 1 aliphatic rings. The van der Waals surface area contributed by atoms with Crippen molar-refractivity contribution in [3.8, 4) is 0 Å². The number of aliphatic hydroxyl groups is 1. The minimum absolute atomic E-state index is 0.0116. The highest BCUT2D eigenvalue weighted by atomic mass is 32.1. The van der Waals surface area contributed by atoms with E-state index in [9.17, 15) is 9.90 Å². The molecule has 2 rings (SSSR count). The number of amides is 1. The van der Waals surface area contributed by atoms with E-state index in [1.807, 2.05) is 38.3 Å². The maximum Gasteiger partial charge on any atom is 0.410 e. The molecule has 0 aliphatic carbocycles. The van der Waals surface area contributed by atoms with Gasteiger partial charge in [0.2, 0.25) is 0 Å². The normalized spacial score (nSPS) is 24.3. The van der Waals surface area contributed by atoms with Gasteiger partial charge < -0.3 is 14.7 Å². The molecule has 1 aromatic heterocycles. The molecule has 1 fully saturated rings. The summed E-state index contributed by atoms with van der Waals surface area (Å²) in [4.78, 5) is 14.6. The number of nitrogens with zero attached hydrogens (tertiary/aromatic N) is 1. The first-order chi connectivity index (χ1) is 8.37. The molecule has 18 heavy (non-hydrogen) atoms. The SMILES string of the molecule is CC(C)(C)OC(=O)N1C[C@@H](O)[C@H](c2cccs2)C1. The van der Waals surface area contributed by atoms with E-state index >= 15 is 0 Å². The van der Waals surface area contributed by atoms with Gasteiger partial charge in [0.25, 0.3) is 0 Å². The van der Waals surface area contributed by atoms with Crippen molar-refractivity contribution in [2.24, 2.45) is 0 Å². The summed E-state index contributed by atoms with van der Waals surface area (Å²) in [5.74, 6) is 0.0116. The summed E-state index contributed by atoms with van der Waals surface area (Å²) >= 11 is 1.61. The Morgan fingerprint density at radius 3 is 2.78 bits per heavy atom. The van der Waals surface area contributed by atoms with Crippen molar-refractivity contribution >= 4 is 17.4 Å². The molecule has 0 bridgehead atoms. The third kappa shape index (κ3) is 3.03. The second-order valence-corrected chi connectivity index (χ2v) is 6.55. The fraction of sp³-hybridized carbons (Fsp3) is 0.615. The molecule has 1 aliphatic heterocycles. The topological polar surface area (TPSA) is 49.8 Å². The molecule has 5 heteroatoms. The van der Waals surface area contributed by atoms with Crippen LogP contribution in [-0.4, -0.2) is 40.9 Å². The van der Waals surface area contributed by atoms with E-state index in [0.29, 0.717) is 13.1 Å². The zero-order valence-corrected chi connectivity index (χ0v) is 11.7. The molecule has 2 atom stereocenters. The molecule has 1 aromatic rings. The van der Waals surface area contributed by atoms with Crippen molar-refractivity contribution < 1.29 is 14.6 Å². The Morgan fingerprint density at radius 1 is 1.50 bits per heavy atom. The van der Waals surface area contributed by atoms with E-state index in [-0.39, 0.29) is 12.0 Å². The summed E-state index contributed by atoms with van der Waals surface area (Å²) in [5.41, 5.74) is -0.497. The lowest BCUT2D eigenvalue weighted by atomic mass is 10.1. The fourth-order valence-corrected chi connectivity index (χ4v) is 2.92. The van der Waals surface area contributed by atoms with Crippen molar-refractivity contribution in [1.82, 2.24) is 4.90 Å². The highest BCUT2D eigenvalue weighted by Crippen LogP contribution is 2.31. The zero-order valence-electron chi connectivity index (χ0n) is 10.9. The predicted octanol–water partition coefficient (Wildman–Crippen LogP) is 2.44. The van der Waals surface area contributed by atoms with Gasteiger partial charge in [0, 0.05) is 17.3 Å². The van der Waals surface area contributed by atoms with Crippen LogP contribution in [-0.2, 0) is 4.74 Å². The summed E-state index contributed by atoms with van der Waals surface area (Å²) < 4.78 is 5.31. The van der Waals surface area contributed by atoms with Crippen molar-refractivity contribution in [3.63, 3.8) is 0 Å². The first kappa shape index (κ1) is 13.4. The van der Waals surface area contributed by atoms with Crippen LogP contribution in [0.1, 0.15) is 31.6 Å². The minimum atomic E-state index is -0.504. The third-order valence-electron chi connectivity index (χ3n) is 2.85. The Morgan fingerprint density at radius 2 is 2.22 bits per heavy atom. The maximum absolute atomic E-state index is 11.9. The van der Waals surface area contributed by atoms with Gasteiger partial charge in [0.15, 0.2) is 0 Å². The van der Waals surface area contributed by atoms with Gasteiger partial charge in [0.05, 0.1) is 12.6 Å². The van der Waals surface area contributed by atoms with Gasteiger partial charge in [-0.1, -0.05) is 6.07 Å². The number of likely N-dealkylation sites (tertiary alicyclic amines) is 1. The van der Waals surface area contributed by atoms with E-state index in [2.05, 4.69) is 0 Å². The van der Waals surface area contributed by atoms with Crippen LogP contribution in [0.4, 0.5) is 4.79 Å². The van der Waals surface area contributed by atoms with Crippen LogP contribution >= 0.6 is 11.3 Å². The van der Waals surface area contributed by atoms with Gasteiger partial charge in [0.1, 0.15) is 5.60 Å². The summed E-state index contributed by atoms with van der Waals surface area (Å²) in [6, 6.07) is 3.96. The lowest BCUT2D eigenvalue weighted by molar-refractivity contribution is 0.0270. The molecule has 0 radical (unpaired) electrons.